The molecule has 1 fully saturated rings. The summed E-state index contributed by atoms with van der Waals surface area (Å²) in [6, 6.07) is 11.5. The lowest BCUT2D eigenvalue weighted by Gasteiger charge is -2.26. The van der Waals surface area contributed by atoms with Gasteiger partial charge in [0, 0.05) is 5.69 Å². The van der Waals surface area contributed by atoms with Crippen molar-refractivity contribution >= 4 is 39.4 Å². The Balaban J connectivity index is 1.73. The van der Waals surface area contributed by atoms with Crippen LogP contribution < -0.4 is 4.90 Å². The predicted octanol–water partition coefficient (Wildman–Crippen LogP) is 5.15. The molecular weight excluding hydrogens is 421 g/mol. The first kappa shape index (κ1) is 22.7. The van der Waals surface area contributed by atoms with Crippen molar-refractivity contribution in [1.29, 1.82) is 0 Å². The largest absolute Gasteiger partial charge is 0.462 e. The molecule has 2 aromatic carbocycles. The van der Waals surface area contributed by atoms with Crippen LogP contribution in [0.15, 0.2) is 42.5 Å². The Morgan fingerprint density at radius 2 is 1.90 bits per heavy atom. The van der Waals surface area contributed by atoms with Crippen molar-refractivity contribution in [3.05, 3.63) is 65.0 Å². The molecule has 0 aromatic heterocycles. The molecule has 2 aromatic rings. The normalized spacial score (nSPS) is 17.3. The summed E-state index contributed by atoms with van der Waals surface area (Å²) in [5, 5.41) is -0.213. The molecule has 1 heterocycles. The molecule has 3 rings (SSSR count). The maximum atomic E-state index is 13.3. The number of thioether (sulfide) groups is 1. The lowest BCUT2D eigenvalue weighted by molar-refractivity contribution is -0.115. The fourth-order valence-corrected chi connectivity index (χ4v) is 5.50. The summed E-state index contributed by atoms with van der Waals surface area (Å²) in [7, 11) is -0.596. The summed E-state index contributed by atoms with van der Waals surface area (Å²) >= 11 is 1.51. The SMILES string of the molecule is Cc1cc(C(=O)OCCCS(C)(C)C)ccc1N1C(=O)CSC1c1ccc(F)cc1. The van der Waals surface area contributed by atoms with E-state index in [0.717, 1.165) is 29.0 Å². The van der Waals surface area contributed by atoms with Crippen LogP contribution in [-0.4, -0.2) is 48.8 Å². The van der Waals surface area contributed by atoms with E-state index in [1.165, 1.54) is 23.9 Å². The molecule has 30 heavy (non-hydrogen) atoms. The molecular formula is C23H28FNO3S2. The summed E-state index contributed by atoms with van der Waals surface area (Å²) in [5.74, 6) is 0.782. The van der Waals surface area contributed by atoms with E-state index in [2.05, 4.69) is 18.8 Å². The highest BCUT2D eigenvalue weighted by Crippen LogP contribution is 2.43. The fourth-order valence-electron chi connectivity index (χ4n) is 3.35. The van der Waals surface area contributed by atoms with Gasteiger partial charge in [0.1, 0.15) is 11.2 Å². The van der Waals surface area contributed by atoms with Crippen LogP contribution in [-0.2, 0) is 9.53 Å². The summed E-state index contributed by atoms with van der Waals surface area (Å²) in [6.07, 6.45) is 7.59. The Bertz CT molecular complexity index is 925. The van der Waals surface area contributed by atoms with Crippen LogP contribution in [0.1, 0.15) is 33.3 Å². The van der Waals surface area contributed by atoms with E-state index in [-0.39, 0.29) is 23.1 Å². The molecule has 162 valence electrons. The Morgan fingerprint density at radius 1 is 1.20 bits per heavy atom. The van der Waals surface area contributed by atoms with Gasteiger partial charge in [-0.15, -0.1) is 11.8 Å². The lowest BCUT2D eigenvalue weighted by Crippen LogP contribution is -2.28. The number of carbonyl (C=O) groups excluding carboxylic acids is 2. The number of aryl methyl sites for hydroxylation is 1. The van der Waals surface area contributed by atoms with Crippen LogP contribution in [0.2, 0.25) is 0 Å². The van der Waals surface area contributed by atoms with Gasteiger partial charge >= 0.3 is 5.97 Å². The van der Waals surface area contributed by atoms with Crippen molar-refractivity contribution < 1.29 is 18.7 Å². The van der Waals surface area contributed by atoms with Crippen LogP contribution in [0.4, 0.5) is 10.1 Å². The first-order chi connectivity index (χ1) is 14.2. The van der Waals surface area contributed by atoms with Gasteiger partial charge in [0.05, 0.1) is 17.9 Å². The zero-order valence-corrected chi connectivity index (χ0v) is 19.4. The zero-order chi connectivity index (χ0) is 21.9. The van der Waals surface area contributed by atoms with Crippen LogP contribution >= 0.6 is 21.8 Å². The first-order valence-electron chi connectivity index (χ1n) is 9.78. The highest BCUT2D eigenvalue weighted by molar-refractivity contribution is 8.32. The van der Waals surface area contributed by atoms with Crippen LogP contribution in [0, 0.1) is 12.7 Å². The van der Waals surface area contributed by atoms with E-state index < -0.39 is 10.0 Å². The van der Waals surface area contributed by atoms with E-state index >= 15 is 0 Å². The van der Waals surface area contributed by atoms with Crippen LogP contribution in [0.3, 0.4) is 0 Å². The molecule has 0 aliphatic carbocycles. The van der Waals surface area contributed by atoms with Crippen molar-refractivity contribution in [1.82, 2.24) is 0 Å². The third-order valence-corrected chi connectivity index (χ3v) is 7.58. The first-order valence-corrected chi connectivity index (χ1v) is 13.9. The molecule has 1 saturated heterocycles. The van der Waals surface area contributed by atoms with Gasteiger partial charge in [-0.1, -0.05) is 12.1 Å². The van der Waals surface area contributed by atoms with E-state index in [1.54, 1.807) is 35.2 Å². The molecule has 0 N–H and O–H groups in total. The highest BCUT2D eigenvalue weighted by atomic mass is 32.3. The zero-order valence-electron chi connectivity index (χ0n) is 17.8. The molecule has 0 radical (unpaired) electrons. The van der Waals surface area contributed by atoms with E-state index in [0.29, 0.717) is 17.9 Å². The van der Waals surface area contributed by atoms with Crippen molar-refractivity contribution in [3.8, 4) is 0 Å². The van der Waals surface area contributed by atoms with E-state index in [9.17, 15) is 14.0 Å². The predicted molar refractivity (Wildman–Crippen MR) is 125 cm³/mol. The number of esters is 1. The molecule has 1 unspecified atom stereocenters. The van der Waals surface area contributed by atoms with Crippen LogP contribution in [0.25, 0.3) is 0 Å². The van der Waals surface area contributed by atoms with Gasteiger partial charge < -0.3 is 4.74 Å². The van der Waals surface area contributed by atoms with Crippen molar-refractivity contribution in [2.24, 2.45) is 0 Å². The van der Waals surface area contributed by atoms with E-state index in [1.807, 2.05) is 6.92 Å². The van der Waals surface area contributed by atoms with Gasteiger partial charge in [-0.3, -0.25) is 9.69 Å². The Labute approximate surface area is 183 Å². The van der Waals surface area contributed by atoms with Crippen molar-refractivity contribution in [3.63, 3.8) is 0 Å². The van der Waals surface area contributed by atoms with E-state index in [4.69, 9.17) is 4.74 Å². The Kier molecular flexibility index (Phi) is 7.14. The summed E-state index contributed by atoms with van der Waals surface area (Å²) in [5.41, 5.74) is 2.94. The maximum absolute atomic E-state index is 13.3. The van der Waals surface area contributed by atoms with Gasteiger partial charge in [-0.25, -0.2) is 19.2 Å². The minimum absolute atomic E-state index is 0.00238. The number of anilines is 1. The van der Waals surface area contributed by atoms with Crippen molar-refractivity contribution in [2.45, 2.75) is 18.7 Å². The molecule has 0 spiro atoms. The highest BCUT2D eigenvalue weighted by Gasteiger charge is 2.35. The number of rotatable bonds is 7. The van der Waals surface area contributed by atoms with Gasteiger partial charge in [0.15, 0.2) is 0 Å². The number of halogens is 1. The number of hydrogen-bond acceptors (Lipinski definition) is 4. The third kappa shape index (κ3) is 5.58. The molecule has 1 aliphatic heterocycles. The molecule has 1 aliphatic rings. The number of amides is 1. The second kappa shape index (κ2) is 9.43. The van der Waals surface area contributed by atoms with Crippen LogP contribution in [0.5, 0.6) is 0 Å². The standard InChI is InChI=1S/C23H28FNO3S2/c1-16-14-18(23(27)28-12-5-13-30(2,3)4)8-11-20(16)25-21(26)15-29-22(25)17-6-9-19(24)10-7-17/h6-11,14,22H,5,12-13,15H2,1-4H3. The van der Waals surface area contributed by atoms with Gasteiger partial charge in [-0.2, -0.15) is 0 Å². The average molecular weight is 450 g/mol. The summed E-state index contributed by atoms with van der Waals surface area (Å²) < 4.78 is 18.7. The molecule has 7 heteroatoms. The minimum Gasteiger partial charge on any atom is -0.462 e. The number of carbonyl (C=O) groups is 2. The number of hydrogen-bond donors (Lipinski definition) is 0. The molecule has 1 atom stereocenters. The Hall–Kier alpha value is -1.99. The lowest BCUT2D eigenvalue weighted by atomic mass is 10.1. The number of benzene rings is 2. The monoisotopic (exact) mass is 449 g/mol. The maximum Gasteiger partial charge on any atom is 0.338 e. The molecule has 0 saturated carbocycles. The second-order valence-corrected chi connectivity index (χ2v) is 13.9. The fraction of sp³-hybridized carbons (Fsp3) is 0.391. The number of nitrogens with zero attached hydrogens (tertiary/aromatic N) is 1. The third-order valence-electron chi connectivity index (χ3n) is 4.85. The summed E-state index contributed by atoms with van der Waals surface area (Å²) in [4.78, 5) is 26.7. The average Bonchev–Trinajstić information content (AvgIpc) is 3.06. The number of ether oxygens (including phenoxy) is 1. The van der Waals surface area contributed by atoms with Gasteiger partial charge in [-0.05, 0) is 79.3 Å². The summed E-state index contributed by atoms with van der Waals surface area (Å²) in [6.45, 7) is 2.30. The Morgan fingerprint density at radius 3 is 2.53 bits per heavy atom. The molecule has 1 amide bonds. The molecule has 0 bridgehead atoms. The minimum atomic E-state index is -0.596. The van der Waals surface area contributed by atoms with Crippen molar-refractivity contribution in [2.75, 3.05) is 41.8 Å². The smallest absolute Gasteiger partial charge is 0.338 e. The molecule has 4 nitrogen and oxygen atoms in total. The second-order valence-electron chi connectivity index (χ2n) is 8.26. The quantitative estimate of drug-likeness (QED) is 0.433. The topological polar surface area (TPSA) is 46.6 Å². The van der Waals surface area contributed by atoms with Gasteiger partial charge in [0.25, 0.3) is 0 Å². The van der Waals surface area contributed by atoms with Gasteiger partial charge in [0.2, 0.25) is 5.91 Å².